The van der Waals surface area contributed by atoms with Crippen LogP contribution in [0, 0.1) is 31.0 Å². The first-order valence-electron chi connectivity index (χ1n) is 10.9. The van der Waals surface area contributed by atoms with Gasteiger partial charge in [0.15, 0.2) is 0 Å². The molecule has 4 nitrogen and oxygen atoms in total. The number of nitrogens with one attached hydrogen (secondary N) is 1. The summed E-state index contributed by atoms with van der Waals surface area (Å²) in [6, 6.07) is 10.8. The molecule has 1 aliphatic rings. The molecule has 0 saturated carbocycles. The molecule has 166 valence electrons. The highest BCUT2D eigenvalue weighted by Gasteiger charge is 2.31. The SMILES string of the molecule is CCCN1c2cc(F)c(/C=C(\C#N)C(=O)Nc3ccc(C)cc3C)cc2C(C)=CC1(C)C. The van der Waals surface area contributed by atoms with Crippen molar-refractivity contribution in [3.05, 3.63) is 70.1 Å². The number of allylic oxidation sites excluding steroid dienone is 1. The normalized spacial score (nSPS) is 15.0. The molecular weight excluding hydrogens is 401 g/mol. The number of nitriles is 1. The molecule has 1 amide bonds. The van der Waals surface area contributed by atoms with Gasteiger partial charge < -0.3 is 10.2 Å². The Morgan fingerprint density at radius 3 is 2.56 bits per heavy atom. The summed E-state index contributed by atoms with van der Waals surface area (Å²) in [7, 11) is 0. The van der Waals surface area contributed by atoms with Crippen LogP contribution in [0.2, 0.25) is 0 Å². The lowest BCUT2D eigenvalue weighted by Crippen LogP contribution is -2.45. The maximum atomic E-state index is 15.1. The van der Waals surface area contributed by atoms with Crippen LogP contribution in [0.4, 0.5) is 15.8 Å². The van der Waals surface area contributed by atoms with Gasteiger partial charge in [0.1, 0.15) is 17.5 Å². The van der Waals surface area contributed by atoms with Gasteiger partial charge >= 0.3 is 0 Å². The number of rotatable bonds is 5. The average Bonchev–Trinajstić information content (AvgIpc) is 2.71. The van der Waals surface area contributed by atoms with Crippen LogP contribution in [0.15, 0.2) is 42.0 Å². The van der Waals surface area contributed by atoms with Crippen LogP contribution >= 0.6 is 0 Å². The molecule has 32 heavy (non-hydrogen) atoms. The third-order valence-electron chi connectivity index (χ3n) is 5.84. The molecule has 5 heteroatoms. The predicted molar refractivity (Wildman–Crippen MR) is 130 cm³/mol. The van der Waals surface area contributed by atoms with Crippen molar-refractivity contribution >= 4 is 28.9 Å². The number of carbonyl (C=O) groups is 1. The van der Waals surface area contributed by atoms with Crippen LogP contribution in [0.3, 0.4) is 0 Å². The largest absolute Gasteiger partial charge is 0.362 e. The van der Waals surface area contributed by atoms with Crippen LogP contribution in [0.1, 0.15) is 56.4 Å². The zero-order chi connectivity index (χ0) is 23.6. The Bertz CT molecular complexity index is 1170. The number of carbonyl (C=O) groups excluding carboxylic acids is 1. The number of hydrogen-bond donors (Lipinski definition) is 1. The number of anilines is 2. The van der Waals surface area contributed by atoms with Crippen LogP contribution in [0.25, 0.3) is 11.6 Å². The fourth-order valence-corrected chi connectivity index (χ4v) is 4.31. The zero-order valence-electron chi connectivity index (χ0n) is 19.6. The monoisotopic (exact) mass is 431 g/mol. The quantitative estimate of drug-likeness (QED) is 0.440. The van der Waals surface area contributed by atoms with E-state index in [2.05, 4.69) is 37.1 Å². The summed E-state index contributed by atoms with van der Waals surface area (Å²) in [5, 5.41) is 12.4. The van der Waals surface area contributed by atoms with Crippen molar-refractivity contribution in [2.75, 3.05) is 16.8 Å². The van der Waals surface area contributed by atoms with Crippen LogP contribution in [-0.4, -0.2) is 18.0 Å². The Hall–Kier alpha value is -3.39. The van der Waals surface area contributed by atoms with Crippen molar-refractivity contribution in [2.24, 2.45) is 0 Å². The minimum Gasteiger partial charge on any atom is -0.362 e. The second-order valence-corrected chi connectivity index (χ2v) is 8.97. The van der Waals surface area contributed by atoms with E-state index in [9.17, 15) is 10.1 Å². The van der Waals surface area contributed by atoms with E-state index in [1.807, 2.05) is 39.0 Å². The minimum atomic E-state index is -0.558. The van der Waals surface area contributed by atoms with E-state index in [4.69, 9.17) is 0 Å². The standard InChI is InChI=1S/C27H30FN3O/c1-7-10-31-25-14-23(28)20(13-22(25)19(4)15-27(31,5)6)12-21(16-29)26(32)30-24-9-8-17(2)11-18(24)3/h8-9,11-15H,7,10H2,1-6H3,(H,30,32)/b21-12+. The van der Waals surface area contributed by atoms with E-state index in [0.29, 0.717) is 5.69 Å². The Labute approximate surface area is 190 Å². The van der Waals surface area contributed by atoms with Gasteiger partial charge in [-0.15, -0.1) is 0 Å². The molecule has 2 aromatic rings. The van der Waals surface area contributed by atoms with Gasteiger partial charge in [-0.3, -0.25) is 4.79 Å². The number of fused-ring (bicyclic) bond motifs is 1. The summed E-state index contributed by atoms with van der Waals surface area (Å²) in [6.07, 6.45) is 4.44. The van der Waals surface area contributed by atoms with Crippen molar-refractivity contribution in [3.8, 4) is 6.07 Å². The molecule has 2 aromatic carbocycles. The molecular formula is C27H30FN3O. The summed E-state index contributed by atoms with van der Waals surface area (Å²) in [5.41, 5.74) is 5.26. The Kier molecular flexibility index (Phi) is 6.55. The maximum absolute atomic E-state index is 15.1. The lowest BCUT2D eigenvalue weighted by atomic mass is 9.87. The van der Waals surface area contributed by atoms with Crippen molar-refractivity contribution in [3.63, 3.8) is 0 Å². The van der Waals surface area contributed by atoms with Gasteiger partial charge in [-0.1, -0.05) is 30.7 Å². The number of hydrogen-bond acceptors (Lipinski definition) is 3. The molecule has 0 aromatic heterocycles. The number of nitrogens with zero attached hydrogens (tertiary/aromatic N) is 2. The fraction of sp³-hybridized carbons (Fsp3) is 0.333. The van der Waals surface area contributed by atoms with Gasteiger partial charge in [0.25, 0.3) is 5.91 Å². The number of amides is 1. The van der Waals surface area contributed by atoms with Gasteiger partial charge in [-0.05, 0) is 76.5 Å². The molecule has 1 heterocycles. The summed E-state index contributed by atoms with van der Waals surface area (Å²) >= 11 is 0. The highest BCUT2D eigenvalue weighted by molar-refractivity contribution is 6.10. The second-order valence-electron chi connectivity index (χ2n) is 8.97. The molecule has 0 bridgehead atoms. The Balaban J connectivity index is 1.99. The maximum Gasteiger partial charge on any atom is 0.266 e. The fourth-order valence-electron chi connectivity index (χ4n) is 4.31. The van der Waals surface area contributed by atoms with E-state index >= 15 is 4.39 Å². The first-order chi connectivity index (χ1) is 15.1. The van der Waals surface area contributed by atoms with Crippen LogP contribution in [0.5, 0.6) is 0 Å². The van der Waals surface area contributed by atoms with Gasteiger partial charge in [-0.2, -0.15) is 5.26 Å². The van der Waals surface area contributed by atoms with Crippen molar-refractivity contribution in [1.29, 1.82) is 5.26 Å². The van der Waals surface area contributed by atoms with E-state index in [1.54, 1.807) is 12.1 Å². The Morgan fingerprint density at radius 1 is 1.22 bits per heavy atom. The number of halogens is 1. The van der Waals surface area contributed by atoms with Crippen molar-refractivity contribution in [2.45, 2.75) is 53.5 Å². The molecule has 0 saturated heterocycles. The zero-order valence-corrected chi connectivity index (χ0v) is 19.6. The summed E-state index contributed by atoms with van der Waals surface area (Å²) in [6.45, 7) is 13.0. The van der Waals surface area contributed by atoms with Crippen molar-refractivity contribution in [1.82, 2.24) is 0 Å². The summed E-state index contributed by atoms with van der Waals surface area (Å²) in [5.74, 6) is -1.01. The molecule has 0 fully saturated rings. The summed E-state index contributed by atoms with van der Waals surface area (Å²) < 4.78 is 15.1. The van der Waals surface area contributed by atoms with Crippen LogP contribution < -0.4 is 10.2 Å². The second kappa shape index (κ2) is 9.00. The number of benzene rings is 2. The molecule has 3 rings (SSSR count). The van der Waals surface area contributed by atoms with Gasteiger partial charge in [0.2, 0.25) is 0 Å². The molecule has 0 unspecified atom stereocenters. The number of aryl methyl sites for hydroxylation is 2. The van der Waals surface area contributed by atoms with E-state index in [0.717, 1.165) is 40.9 Å². The Morgan fingerprint density at radius 2 is 1.94 bits per heavy atom. The average molecular weight is 432 g/mol. The van der Waals surface area contributed by atoms with Gasteiger partial charge in [-0.25, -0.2) is 4.39 Å². The lowest BCUT2D eigenvalue weighted by molar-refractivity contribution is -0.112. The molecule has 1 aliphatic heterocycles. The third kappa shape index (κ3) is 4.60. The minimum absolute atomic E-state index is 0.146. The van der Waals surface area contributed by atoms with E-state index < -0.39 is 11.7 Å². The first kappa shape index (κ1) is 23.3. The molecule has 0 aliphatic carbocycles. The van der Waals surface area contributed by atoms with Gasteiger partial charge in [0.05, 0.1) is 5.54 Å². The molecule has 0 spiro atoms. The predicted octanol–water partition coefficient (Wildman–Crippen LogP) is 6.40. The van der Waals surface area contributed by atoms with E-state index in [-0.39, 0.29) is 16.7 Å². The molecule has 1 N–H and O–H groups in total. The van der Waals surface area contributed by atoms with Gasteiger partial charge in [0, 0.05) is 29.0 Å². The van der Waals surface area contributed by atoms with Crippen molar-refractivity contribution < 1.29 is 9.18 Å². The topological polar surface area (TPSA) is 56.1 Å². The lowest BCUT2D eigenvalue weighted by Gasteiger charge is -2.43. The third-order valence-corrected chi connectivity index (χ3v) is 5.84. The molecule has 0 atom stereocenters. The first-order valence-corrected chi connectivity index (χ1v) is 10.9. The molecule has 0 radical (unpaired) electrons. The highest BCUT2D eigenvalue weighted by Crippen LogP contribution is 2.40. The smallest absolute Gasteiger partial charge is 0.266 e. The highest BCUT2D eigenvalue weighted by atomic mass is 19.1. The van der Waals surface area contributed by atoms with E-state index in [1.165, 1.54) is 12.1 Å². The summed E-state index contributed by atoms with van der Waals surface area (Å²) in [4.78, 5) is 14.9. The van der Waals surface area contributed by atoms with Crippen LogP contribution in [-0.2, 0) is 4.79 Å².